The van der Waals surface area contributed by atoms with Crippen LogP contribution in [0.5, 0.6) is 0 Å². The summed E-state index contributed by atoms with van der Waals surface area (Å²) in [5, 5.41) is -0.113. The fourth-order valence-corrected chi connectivity index (χ4v) is 4.64. The van der Waals surface area contributed by atoms with E-state index in [1.54, 1.807) is 6.07 Å². The van der Waals surface area contributed by atoms with Crippen molar-refractivity contribution in [2.45, 2.75) is 57.0 Å². The molecule has 5 N–H and O–H groups in total. The van der Waals surface area contributed by atoms with Crippen LogP contribution in [0.1, 0.15) is 44.7 Å². The van der Waals surface area contributed by atoms with Crippen LogP contribution in [0.3, 0.4) is 0 Å². The van der Waals surface area contributed by atoms with Crippen LogP contribution in [0.4, 0.5) is 9.57 Å². The van der Waals surface area contributed by atoms with Gasteiger partial charge in [0.05, 0.1) is 10.8 Å². The highest BCUT2D eigenvalue weighted by molar-refractivity contribution is 7.86. The second-order valence-electron chi connectivity index (χ2n) is 8.72. The molecule has 0 amide bonds. The Labute approximate surface area is 222 Å². The number of aryl methyl sites for hydroxylation is 2. The van der Waals surface area contributed by atoms with Crippen molar-refractivity contribution in [2.24, 2.45) is 21.5 Å². The van der Waals surface area contributed by atoms with Crippen molar-refractivity contribution in [1.82, 2.24) is 0 Å². The molecular formula is C23H31ClFN5O5S2. The summed E-state index contributed by atoms with van der Waals surface area (Å²) in [5.74, 6) is 0.240. The topological polar surface area (TPSA) is 169 Å². The highest BCUT2D eigenvalue weighted by Crippen LogP contribution is 2.29. The largest absolute Gasteiger partial charge is 0.369 e. The Kier molecular flexibility index (Phi) is 10.1. The van der Waals surface area contributed by atoms with Crippen LogP contribution in [0.25, 0.3) is 0 Å². The van der Waals surface area contributed by atoms with Crippen LogP contribution in [0, 0.1) is 0 Å². The molecule has 10 nitrogen and oxygen atoms in total. The third-order valence-corrected chi connectivity index (χ3v) is 7.40. The van der Waals surface area contributed by atoms with E-state index in [1.165, 1.54) is 19.1 Å². The number of aliphatic imine (C=N–C) groups is 2. The maximum absolute atomic E-state index is 13.3. The highest BCUT2D eigenvalue weighted by atomic mass is 35.5. The number of hydrogen-bond donors (Lipinski definition) is 3. The van der Waals surface area contributed by atoms with Gasteiger partial charge in [0.2, 0.25) is 11.9 Å². The molecule has 1 aliphatic heterocycles. The molecular weight excluding hydrogens is 545 g/mol. The number of anilines is 1. The molecule has 0 fully saturated rings. The lowest BCUT2D eigenvalue weighted by atomic mass is 10.0. The molecule has 0 atom stereocenters. The molecule has 2 aromatic carbocycles. The zero-order valence-electron chi connectivity index (χ0n) is 20.7. The maximum atomic E-state index is 13.3. The summed E-state index contributed by atoms with van der Waals surface area (Å²) in [6.07, 6.45) is 3.09. The lowest BCUT2D eigenvalue weighted by molar-refractivity contribution is 0.484. The van der Waals surface area contributed by atoms with Gasteiger partial charge in [-0.05, 0) is 81.8 Å². The summed E-state index contributed by atoms with van der Waals surface area (Å²) in [7, 11) is -8.50. The van der Waals surface area contributed by atoms with Gasteiger partial charge in [-0.3, -0.25) is 9.45 Å². The molecule has 14 heteroatoms. The quantitative estimate of drug-likeness (QED) is 0.243. The minimum Gasteiger partial charge on any atom is -0.369 e. The Morgan fingerprint density at radius 2 is 1.59 bits per heavy atom. The van der Waals surface area contributed by atoms with Crippen molar-refractivity contribution in [2.75, 3.05) is 10.7 Å². The van der Waals surface area contributed by atoms with E-state index in [0.717, 1.165) is 36.1 Å². The van der Waals surface area contributed by atoms with Gasteiger partial charge in [0.15, 0.2) is 0 Å². The molecule has 37 heavy (non-hydrogen) atoms. The first-order chi connectivity index (χ1) is 17.0. The van der Waals surface area contributed by atoms with Gasteiger partial charge in [-0.25, -0.2) is 4.99 Å². The molecule has 1 aliphatic rings. The van der Waals surface area contributed by atoms with Crippen LogP contribution >= 0.6 is 11.6 Å². The number of nitrogens with two attached hydrogens (primary N) is 2. The standard InChI is InChI=1S/C21H25ClFN5O2S.C2H6O3S/c1-21(2)27-19(24)26-20(25)28(21)16-9-5-8-14(12-16)6-3-4-7-15-10-11-17(22)18(13-15)31(23,29)30;1-2-6(3,4)5/h5,8-13H,3-4,6-7H2,1-2H3,(H4,24,25,26,27);2H2,1H3,(H,3,4,5). The van der Waals surface area contributed by atoms with E-state index in [-0.39, 0.29) is 22.7 Å². The Bertz CT molecular complexity index is 1400. The summed E-state index contributed by atoms with van der Waals surface area (Å²) in [5.41, 5.74) is 13.9. The molecule has 0 radical (unpaired) electrons. The number of benzene rings is 2. The zero-order chi connectivity index (χ0) is 28.0. The molecule has 0 bridgehead atoms. The molecule has 0 saturated heterocycles. The molecule has 0 unspecified atom stereocenters. The van der Waals surface area contributed by atoms with Gasteiger partial charge >= 0.3 is 10.2 Å². The SMILES string of the molecule is CC1(C)N=C(N)N=C(N)N1c1cccc(CCCCc2ccc(Cl)c(S(=O)(=O)F)c2)c1.CCS(=O)(=O)O. The van der Waals surface area contributed by atoms with Crippen LogP contribution in [0.15, 0.2) is 57.3 Å². The van der Waals surface area contributed by atoms with Gasteiger partial charge in [-0.2, -0.15) is 21.8 Å². The van der Waals surface area contributed by atoms with Crippen molar-refractivity contribution in [3.05, 3.63) is 58.6 Å². The van der Waals surface area contributed by atoms with E-state index >= 15 is 0 Å². The molecule has 0 saturated carbocycles. The van der Waals surface area contributed by atoms with Gasteiger partial charge in [0, 0.05) is 5.69 Å². The van der Waals surface area contributed by atoms with E-state index in [2.05, 4.69) is 9.98 Å². The number of unbranched alkanes of at least 4 members (excludes halogenated alkanes) is 1. The van der Waals surface area contributed by atoms with Gasteiger partial charge in [-0.15, -0.1) is 3.89 Å². The number of nitrogens with zero attached hydrogens (tertiary/aromatic N) is 3. The van der Waals surface area contributed by atoms with Crippen molar-refractivity contribution in [3.8, 4) is 0 Å². The molecule has 0 spiro atoms. The molecule has 204 valence electrons. The van der Waals surface area contributed by atoms with Gasteiger partial charge in [0.25, 0.3) is 10.1 Å². The number of guanidine groups is 2. The lowest BCUT2D eigenvalue weighted by Gasteiger charge is -2.38. The van der Waals surface area contributed by atoms with E-state index in [1.807, 2.05) is 43.0 Å². The number of halogens is 2. The van der Waals surface area contributed by atoms with E-state index in [0.29, 0.717) is 6.42 Å². The maximum Gasteiger partial charge on any atom is 0.333 e. The van der Waals surface area contributed by atoms with Crippen molar-refractivity contribution in [3.63, 3.8) is 0 Å². The van der Waals surface area contributed by atoms with Crippen LogP contribution in [-0.4, -0.2) is 44.7 Å². The fraction of sp³-hybridized carbons (Fsp3) is 0.391. The predicted octanol–water partition coefficient (Wildman–Crippen LogP) is 3.64. The third-order valence-electron chi connectivity index (χ3n) is 5.37. The first-order valence-corrected chi connectivity index (χ1v) is 14.7. The highest BCUT2D eigenvalue weighted by Gasteiger charge is 2.33. The molecule has 3 rings (SSSR count). The fourth-order valence-electron chi connectivity index (χ4n) is 3.65. The smallest absolute Gasteiger partial charge is 0.333 e. The first kappa shape index (κ1) is 30.5. The lowest BCUT2D eigenvalue weighted by Crippen LogP contribution is -2.54. The summed E-state index contributed by atoms with van der Waals surface area (Å²) >= 11 is 5.78. The number of hydrogen-bond acceptors (Lipinski definition) is 9. The molecule has 2 aromatic rings. The van der Waals surface area contributed by atoms with E-state index < -0.39 is 30.9 Å². The average molecular weight is 576 g/mol. The average Bonchev–Trinajstić information content (AvgIpc) is 2.76. The summed E-state index contributed by atoms with van der Waals surface area (Å²) in [4.78, 5) is 9.79. The normalized spacial score (nSPS) is 15.4. The van der Waals surface area contributed by atoms with Gasteiger partial charge < -0.3 is 11.5 Å². The van der Waals surface area contributed by atoms with E-state index in [9.17, 15) is 20.7 Å². The summed E-state index contributed by atoms with van der Waals surface area (Å²) in [6, 6.07) is 12.4. The minimum atomic E-state index is -4.84. The molecule has 0 aliphatic carbocycles. The van der Waals surface area contributed by atoms with Crippen LogP contribution in [0.2, 0.25) is 5.02 Å². The summed E-state index contributed by atoms with van der Waals surface area (Å²) < 4.78 is 62.6. The summed E-state index contributed by atoms with van der Waals surface area (Å²) in [6.45, 7) is 5.19. The third kappa shape index (κ3) is 9.26. The van der Waals surface area contributed by atoms with E-state index in [4.69, 9.17) is 27.6 Å². The first-order valence-electron chi connectivity index (χ1n) is 11.3. The Morgan fingerprint density at radius 1 is 1.03 bits per heavy atom. The Balaban J connectivity index is 0.000000717. The van der Waals surface area contributed by atoms with Crippen LogP contribution in [-0.2, 0) is 33.2 Å². The number of rotatable bonds is 8. The second kappa shape index (κ2) is 12.2. The zero-order valence-corrected chi connectivity index (χ0v) is 23.1. The van der Waals surface area contributed by atoms with Crippen molar-refractivity contribution in [1.29, 1.82) is 0 Å². The van der Waals surface area contributed by atoms with Crippen molar-refractivity contribution < 1.29 is 25.3 Å². The Morgan fingerprint density at radius 3 is 2.11 bits per heavy atom. The monoisotopic (exact) mass is 575 g/mol. The molecule has 1 heterocycles. The van der Waals surface area contributed by atoms with Gasteiger partial charge in [-0.1, -0.05) is 29.8 Å². The Hall–Kier alpha value is -2.74. The molecule has 0 aromatic heterocycles. The van der Waals surface area contributed by atoms with Crippen LogP contribution < -0.4 is 16.4 Å². The minimum absolute atomic E-state index is 0.113. The second-order valence-corrected chi connectivity index (χ2v) is 12.2. The van der Waals surface area contributed by atoms with Crippen molar-refractivity contribution >= 4 is 49.5 Å². The predicted molar refractivity (Wildman–Crippen MR) is 145 cm³/mol. The van der Waals surface area contributed by atoms with Gasteiger partial charge in [0.1, 0.15) is 10.6 Å².